The van der Waals surface area contributed by atoms with Gasteiger partial charge in [0, 0.05) is 21.4 Å². The Balaban J connectivity index is 1.75. The van der Waals surface area contributed by atoms with E-state index in [9.17, 15) is 25.3 Å². The number of ether oxygens (including phenoxy) is 1. The maximum Gasteiger partial charge on any atom is 0.236 e. The molecule has 0 aliphatic carbocycles. The van der Waals surface area contributed by atoms with Crippen LogP contribution in [0.3, 0.4) is 0 Å². The Hall–Kier alpha value is -1.33. The topological polar surface area (TPSA) is 112 Å². The maximum atomic E-state index is 14.5. The quantitative estimate of drug-likeness (QED) is 0.0479. The van der Waals surface area contributed by atoms with Crippen molar-refractivity contribution in [2.24, 2.45) is 0 Å². The molecular formula is C61H106Cl2O7S3. The van der Waals surface area contributed by atoms with Crippen LogP contribution in [0.5, 0.6) is 5.75 Å². The summed E-state index contributed by atoms with van der Waals surface area (Å²) < 4.78 is 84.7. The molecule has 0 unspecified atom stereocenters. The summed E-state index contributed by atoms with van der Waals surface area (Å²) in [4.78, 5) is -0.438. The molecule has 2 rings (SSSR count). The van der Waals surface area contributed by atoms with Gasteiger partial charge in [-0.05, 0) is 66.6 Å². The van der Waals surface area contributed by atoms with E-state index < -0.39 is 39.4 Å². The zero-order valence-electron chi connectivity index (χ0n) is 46.8. The lowest BCUT2D eigenvalue weighted by Crippen LogP contribution is -2.14. The van der Waals surface area contributed by atoms with Crippen LogP contribution < -0.4 is 4.74 Å². The normalized spacial score (nSPS) is 12.3. The number of sulfone groups is 1. The molecule has 0 aliphatic heterocycles. The molecule has 0 aliphatic rings. The van der Waals surface area contributed by atoms with Gasteiger partial charge in [0.2, 0.25) is 27.9 Å². The summed E-state index contributed by atoms with van der Waals surface area (Å²) in [5.41, 5.74) is 1.26. The second kappa shape index (κ2) is 42.7. The van der Waals surface area contributed by atoms with Gasteiger partial charge in [-0.2, -0.15) is 0 Å². The van der Waals surface area contributed by atoms with Gasteiger partial charge in [-0.1, -0.05) is 283 Å². The molecule has 73 heavy (non-hydrogen) atoms. The van der Waals surface area contributed by atoms with Gasteiger partial charge in [0.05, 0.1) is 27.9 Å². The van der Waals surface area contributed by atoms with Crippen LogP contribution in [-0.4, -0.2) is 31.9 Å². The lowest BCUT2D eigenvalue weighted by Gasteiger charge is -2.18. The van der Waals surface area contributed by atoms with E-state index in [0.717, 1.165) is 44.1 Å². The molecule has 0 saturated carbocycles. The van der Waals surface area contributed by atoms with Gasteiger partial charge in [0.25, 0.3) is 0 Å². The average molecular weight is 1120 g/mol. The van der Waals surface area contributed by atoms with Crippen molar-refractivity contribution in [2.45, 2.75) is 318 Å². The van der Waals surface area contributed by atoms with Crippen molar-refractivity contribution in [3.05, 3.63) is 52.6 Å². The Kier molecular flexibility index (Phi) is 39.6. The molecule has 0 bridgehead atoms. The summed E-state index contributed by atoms with van der Waals surface area (Å²) in [7, 11) is -1.24. The Morgan fingerprint density at radius 2 is 0.699 bits per heavy atom. The smallest absolute Gasteiger partial charge is 0.236 e. The molecular weight excluding hydrogens is 1010 g/mol. The fourth-order valence-corrected chi connectivity index (χ4v) is 14.6. The zero-order valence-corrected chi connectivity index (χ0v) is 50.7. The highest BCUT2D eigenvalue weighted by Gasteiger charge is 2.30. The summed E-state index contributed by atoms with van der Waals surface area (Å²) in [6, 6.07) is 7.71. The third kappa shape index (κ3) is 35.7. The molecule has 2 aromatic carbocycles. The van der Waals surface area contributed by atoms with Crippen molar-refractivity contribution < 1.29 is 30.0 Å². The fourth-order valence-electron chi connectivity index (χ4n) is 10.6. The SMILES string of the molecule is CCCCCCCCCCCCCCCCCCCCCCCOc1ccc(S(=O)(=O)c2c(C)cc(CCCCCCCCCCCCCCCCCCCCCCC)cc2CS(=O)(=O)Cl)c(CS(=O)(=O)Cl)c1. The van der Waals surface area contributed by atoms with Gasteiger partial charge >= 0.3 is 0 Å². The minimum atomic E-state index is -4.42. The van der Waals surface area contributed by atoms with Crippen molar-refractivity contribution in [2.75, 3.05) is 6.61 Å². The van der Waals surface area contributed by atoms with Crippen molar-refractivity contribution in [3.63, 3.8) is 0 Å². The van der Waals surface area contributed by atoms with E-state index >= 15 is 0 Å². The number of aryl methyl sites for hydroxylation is 2. The first-order chi connectivity index (χ1) is 35.2. The molecule has 0 radical (unpaired) electrons. The number of halogens is 2. The van der Waals surface area contributed by atoms with E-state index in [0.29, 0.717) is 24.3 Å². The minimum absolute atomic E-state index is 0.0333. The van der Waals surface area contributed by atoms with Gasteiger partial charge in [-0.25, -0.2) is 25.3 Å². The first-order valence-corrected chi connectivity index (χ1v) is 36.6. The summed E-state index contributed by atoms with van der Waals surface area (Å²) in [5, 5.41) is 0. The third-order valence-corrected chi connectivity index (χ3v) is 18.8. The molecule has 0 aromatic heterocycles. The summed E-state index contributed by atoms with van der Waals surface area (Å²) in [6.45, 7) is 6.61. The summed E-state index contributed by atoms with van der Waals surface area (Å²) in [6.07, 6.45) is 55.6. The first-order valence-electron chi connectivity index (χ1n) is 30.2. The molecule has 7 nitrogen and oxygen atoms in total. The van der Waals surface area contributed by atoms with Crippen molar-refractivity contribution in [3.8, 4) is 5.75 Å². The number of hydrogen-bond acceptors (Lipinski definition) is 7. The van der Waals surface area contributed by atoms with Crippen LogP contribution >= 0.6 is 21.4 Å². The van der Waals surface area contributed by atoms with Crippen LogP contribution in [0.4, 0.5) is 0 Å². The first kappa shape index (κ1) is 67.8. The number of unbranched alkanes of at least 4 members (excludes halogenated alkanes) is 40. The Labute approximate surface area is 459 Å². The predicted octanol–water partition coefficient (Wildman–Crippen LogP) is 20.3. The van der Waals surface area contributed by atoms with E-state index in [4.69, 9.17) is 26.1 Å². The highest BCUT2D eigenvalue weighted by molar-refractivity contribution is 8.13. The van der Waals surface area contributed by atoms with Crippen molar-refractivity contribution in [1.29, 1.82) is 0 Å². The van der Waals surface area contributed by atoms with Gasteiger partial charge in [-0.3, -0.25) is 0 Å². The fraction of sp³-hybridized carbons (Fsp3) is 0.803. The summed E-state index contributed by atoms with van der Waals surface area (Å²) >= 11 is 0. The molecule has 0 spiro atoms. The number of benzene rings is 2. The van der Waals surface area contributed by atoms with E-state index in [2.05, 4.69) is 13.8 Å². The van der Waals surface area contributed by atoms with Crippen LogP contribution in [-0.2, 0) is 45.9 Å². The van der Waals surface area contributed by atoms with Crippen LogP contribution in [0.2, 0.25) is 0 Å². The highest BCUT2D eigenvalue weighted by Crippen LogP contribution is 2.35. The molecule has 0 N–H and O–H groups in total. The van der Waals surface area contributed by atoms with Gasteiger partial charge in [0.15, 0.2) is 0 Å². The molecule has 0 fully saturated rings. The molecule has 424 valence electrons. The molecule has 0 heterocycles. The molecule has 2 aromatic rings. The van der Waals surface area contributed by atoms with Crippen LogP contribution in [0.25, 0.3) is 0 Å². The maximum absolute atomic E-state index is 14.5. The second-order valence-corrected chi connectivity index (χ2v) is 29.2. The monoisotopic (exact) mass is 1120 g/mol. The standard InChI is InChI=1S/C61H106Cl2O7S3/c1-4-6-8-10-12-14-16-18-20-22-24-26-28-30-32-34-36-38-40-42-44-46-56-50-55(3)61(58(51-56)54-72(63,66)67)73(68,69)60-48-47-59(52-57(60)53-71(62,64)65)70-49-45-43-41-39-37-35-33-31-29-27-25-23-21-19-17-15-13-11-9-7-5-2/h47-48,50-52H,4-46,49,53-54H2,1-3H3. The lowest BCUT2D eigenvalue weighted by atomic mass is 10.0. The second-order valence-electron chi connectivity index (χ2n) is 21.8. The predicted molar refractivity (Wildman–Crippen MR) is 314 cm³/mol. The van der Waals surface area contributed by atoms with Gasteiger partial charge in [0.1, 0.15) is 5.75 Å². The highest BCUT2D eigenvalue weighted by atomic mass is 35.7. The van der Waals surface area contributed by atoms with Gasteiger partial charge in [-0.15, -0.1) is 0 Å². The molecule has 0 atom stereocenters. The van der Waals surface area contributed by atoms with E-state index in [1.165, 1.54) is 249 Å². The van der Waals surface area contributed by atoms with Crippen LogP contribution in [0.15, 0.2) is 40.1 Å². The zero-order chi connectivity index (χ0) is 53.3. The average Bonchev–Trinajstić information content (AvgIpc) is 3.32. The van der Waals surface area contributed by atoms with Crippen LogP contribution in [0, 0.1) is 6.92 Å². The van der Waals surface area contributed by atoms with E-state index in [-0.39, 0.29) is 20.9 Å². The van der Waals surface area contributed by atoms with Crippen molar-refractivity contribution in [1.82, 2.24) is 0 Å². The van der Waals surface area contributed by atoms with Crippen molar-refractivity contribution >= 4 is 49.3 Å². The molecule has 12 heteroatoms. The Morgan fingerprint density at radius 3 is 1.04 bits per heavy atom. The molecule has 0 saturated heterocycles. The number of rotatable bonds is 51. The number of hydrogen-bond donors (Lipinski definition) is 0. The van der Waals surface area contributed by atoms with Crippen LogP contribution in [0.1, 0.15) is 306 Å². The van der Waals surface area contributed by atoms with Gasteiger partial charge < -0.3 is 4.74 Å². The molecule has 0 amide bonds. The Bertz CT molecular complexity index is 2020. The lowest BCUT2D eigenvalue weighted by molar-refractivity contribution is 0.304. The third-order valence-electron chi connectivity index (χ3n) is 14.7. The minimum Gasteiger partial charge on any atom is -0.494 e. The van der Waals surface area contributed by atoms with E-state index in [1.54, 1.807) is 19.1 Å². The largest absolute Gasteiger partial charge is 0.494 e. The summed E-state index contributed by atoms with van der Waals surface area (Å²) in [5.74, 6) is -1.07. The Morgan fingerprint density at radius 1 is 0.384 bits per heavy atom. The van der Waals surface area contributed by atoms with E-state index in [1.807, 2.05) is 0 Å².